The summed E-state index contributed by atoms with van der Waals surface area (Å²) in [6, 6.07) is 0.168. The van der Waals surface area contributed by atoms with Crippen molar-refractivity contribution < 1.29 is 23.4 Å². The molecule has 0 bridgehead atoms. The highest BCUT2D eigenvalue weighted by Gasteiger charge is 2.36. The van der Waals surface area contributed by atoms with Gasteiger partial charge in [0, 0.05) is 30.9 Å². The van der Waals surface area contributed by atoms with Gasteiger partial charge in [-0.25, -0.2) is 18.6 Å². The Kier molecular flexibility index (Phi) is 8.43. The first-order chi connectivity index (χ1) is 16.4. The zero-order chi connectivity index (χ0) is 24.8. The van der Waals surface area contributed by atoms with E-state index < -0.39 is 29.1 Å². The predicted molar refractivity (Wildman–Crippen MR) is 127 cm³/mol. The van der Waals surface area contributed by atoms with Gasteiger partial charge in [-0.2, -0.15) is 4.98 Å². The topological polar surface area (TPSA) is 94.1 Å². The van der Waals surface area contributed by atoms with Gasteiger partial charge in [0.15, 0.2) is 23.1 Å². The number of unbranched alkanes of at least 4 members (excludes halogenated alkanes) is 1. The van der Waals surface area contributed by atoms with Gasteiger partial charge in [0.2, 0.25) is 5.95 Å². The van der Waals surface area contributed by atoms with E-state index in [9.17, 15) is 18.7 Å². The van der Waals surface area contributed by atoms with Crippen molar-refractivity contribution in [1.82, 2.24) is 14.9 Å². The number of aromatic hydroxyl groups is 1. The van der Waals surface area contributed by atoms with Gasteiger partial charge in [-0.3, -0.25) is 9.80 Å². The fraction of sp³-hybridized carbons (Fsp3) is 0.522. The van der Waals surface area contributed by atoms with Crippen molar-refractivity contribution in [3.8, 4) is 11.5 Å². The number of carbonyl (C=O) groups is 1. The fourth-order valence-electron chi connectivity index (χ4n) is 3.93. The number of phenols is 1. The lowest BCUT2D eigenvalue weighted by molar-refractivity contribution is 0.249. The highest BCUT2D eigenvalue weighted by atomic mass is 19.1. The van der Waals surface area contributed by atoms with E-state index in [1.54, 1.807) is 13.1 Å². The lowest BCUT2D eigenvalue weighted by Crippen LogP contribution is -2.48. The van der Waals surface area contributed by atoms with Gasteiger partial charge in [-0.1, -0.05) is 13.8 Å². The number of aromatic nitrogens is 2. The highest BCUT2D eigenvalue weighted by Crippen LogP contribution is 2.40. The number of urea groups is 1. The summed E-state index contributed by atoms with van der Waals surface area (Å²) in [5.74, 6) is -2.72. The summed E-state index contributed by atoms with van der Waals surface area (Å²) in [6.45, 7) is 9.86. The van der Waals surface area contributed by atoms with Crippen molar-refractivity contribution in [3.05, 3.63) is 29.5 Å². The first kappa shape index (κ1) is 25.4. The van der Waals surface area contributed by atoms with E-state index in [4.69, 9.17) is 4.74 Å². The van der Waals surface area contributed by atoms with Gasteiger partial charge >= 0.3 is 6.03 Å². The summed E-state index contributed by atoms with van der Waals surface area (Å²) in [5.41, 5.74) is -0.156. The Morgan fingerprint density at radius 3 is 2.59 bits per heavy atom. The van der Waals surface area contributed by atoms with Crippen molar-refractivity contribution in [2.24, 2.45) is 0 Å². The molecule has 2 heterocycles. The lowest BCUT2D eigenvalue weighted by atomic mass is 10.1. The molecule has 2 aromatic rings. The molecule has 0 aliphatic carbocycles. The molecule has 0 atom stereocenters. The molecular weight excluding hydrogens is 446 g/mol. The van der Waals surface area contributed by atoms with Crippen LogP contribution in [0.2, 0.25) is 0 Å². The second kappa shape index (κ2) is 11.3. The minimum absolute atomic E-state index is 0.157. The molecule has 9 nitrogen and oxygen atoms in total. The number of hydrogen-bond donors (Lipinski definition) is 2. The maximum Gasteiger partial charge on any atom is 0.330 e. The number of hydrogen-bond acceptors (Lipinski definition) is 7. The van der Waals surface area contributed by atoms with Crippen LogP contribution in [0.3, 0.4) is 0 Å². The van der Waals surface area contributed by atoms with E-state index >= 15 is 0 Å². The average Bonchev–Trinajstić information content (AvgIpc) is 2.84. The minimum Gasteiger partial charge on any atom is -0.505 e. The summed E-state index contributed by atoms with van der Waals surface area (Å²) in [7, 11) is 1.19. The standard InChI is InChI=1S/C23H32F2N6O3/c1-5-29(6-2)11-9-8-10-26-22-27-13-15-14-31(23(33)30(7-3)21(15)28-22)20-18(24)16(32)12-17(34-4)19(20)25/h12-13,32H,5-11,14H2,1-4H3,(H,26,27,28). The number of anilines is 3. The number of nitrogens with zero attached hydrogens (tertiary/aromatic N) is 5. The molecule has 1 aliphatic rings. The number of rotatable bonds is 11. The summed E-state index contributed by atoms with van der Waals surface area (Å²) >= 11 is 0. The normalized spacial score (nSPS) is 13.4. The fourth-order valence-corrected chi connectivity index (χ4v) is 3.93. The molecule has 0 radical (unpaired) electrons. The second-order valence-corrected chi connectivity index (χ2v) is 7.89. The lowest BCUT2D eigenvalue weighted by Gasteiger charge is -2.36. The third-order valence-corrected chi connectivity index (χ3v) is 5.90. The minimum atomic E-state index is -1.24. The number of benzene rings is 1. The van der Waals surface area contributed by atoms with E-state index in [0.717, 1.165) is 43.4 Å². The van der Waals surface area contributed by atoms with Crippen molar-refractivity contribution >= 4 is 23.5 Å². The Morgan fingerprint density at radius 1 is 1.21 bits per heavy atom. The number of halogens is 2. The van der Waals surface area contributed by atoms with Crippen molar-refractivity contribution in [1.29, 1.82) is 0 Å². The summed E-state index contributed by atoms with van der Waals surface area (Å²) < 4.78 is 34.5. The van der Waals surface area contributed by atoms with E-state index in [1.807, 2.05) is 0 Å². The zero-order valence-electron chi connectivity index (χ0n) is 20.1. The van der Waals surface area contributed by atoms with E-state index in [2.05, 4.69) is 34.0 Å². The summed E-state index contributed by atoms with van der Waals surface area (Å²) in [4.78, 5) is 26.6. The molecular formula is C23H32F2N6O3. The molecule has 1 aliphatic heterocycles. The Bertz CT molecular complexity index is 1020. The van der Waals surface area contributed by atoms with E-state index in [1.165, 1.54) is 12.0 Å². The number of methoxy groups -OCH3 is 1. The van der Waals surface area contributed by atoms with E-state index in [0.29, 0.717) is 23.9 Å². The molecule has 3 rings (SSSR count). The second-order valence-electron chi connectivity index (χ2n) is 7.89. The molecule has 0 spiro atoms. The smallest absolute Gasteiger partial charge is 0.330 e. The maximum absolute atomic E-state index is 14.9. The molecule has 0 saturated heterocycles. The van der Waals surface area contributed by atoms with Crippen molar-refractivity contribution in [3.63, 3.8) is 0 Å². The number of phenolic OH excluding ortho intramolecular Hbond substituents is 1. The van der Waals surface area contributed by atoms with Crippen LogP contribution in [0.25, 0.3) is 0 Å². The maximum atomic E-state index is 14.9. The highest BCUT2D eigenvalue weighted by molar-refractivity contribution is 6.05. The van der Waals surface area contributed by atoms with Crippen LogP contribution in [-0.2, 0) is 6.54 Å². The molecule has 1 aromatic carbocycles. The summed E-state index contributed by atoms with van der Waals surface area (Å²) in [6.07, 6.45) is 3.52. The Balaban J connectivity index is 1.79. The van der Waals surface area contributed by atoms with Gasteiger partial charge in [-0.05, 0) is 39.4 Å². The number of amides is 2. The van der Waals surface area contributed by atoms with Crippen LogP contribution in [0.4, 0.5) is 31.0 Å². The average molecular weight is 479 g/mol. The molecule has 0 unspecified atom stereocenters. The van der Waals surface area contributed by atoms with Crippen LogP contribution in [0.15, 0.2) is 12.3 Å². The van der Waals surface area contributed by atoms with Crippen LogP contribution < -0.4 is 19.9 Å². The number of nitrogens with one attached hydrogen (secondary N) is 1. The molecule has 186 valence electrons. The molecule has 1 aromatic heterocycles. The quantitative estimate of drug-likeness (QED) is 0.472. The summed E-state index contributed by atoms with van der Waals surface area (Å²) in [5, 5.41) is 13.1. The molecule has 2 N–H and O–H groups in total. The number of fused-ring (bicyclic) bond motifs is 1. The van der Waals surface area contributed by atoms with Crippen LogP contribution in [0, 0.1) is 11.6 Å². The molecule has 0 fully saturated rings. The first-order valence-corrected chi connectivity index (χ1v) is 11.5. The number of ether oxygens (including phenoxy) is 1. The Hall–Kier alpha value is -3.21. The van der Waals surface area contributed by atoms with Crippen molar-refractivity contribution in [2.75, 3.05) is 55.0 Å². The van der Waals surface area contributed by atoms with Gasteiger partial charge in [0.05, 0.1) is 13.7 Å². The SMILES string of the molecule is CCN(CC)CCCCNc1ncc2c(n1)N(CC)C(=O)N(c1c(F)c(O)cc(OC)c1F)C2. The van der Waals surface area contributed by atoms with Gasteiger partial charge < -0.3 is 20.1 Å². The van der Waals surface area contributed by atoms with Crippen LogP contribution in [0.1, 0.15) is 39.2 Å². The van der Waals surface area contributed by atoms with Gasteiger partial charge in [-0.15, -0.1) is 0 Å². The van der Waals surface area contributed by atoms with Crippen molar-refractivity contribution in [2.45, 2.75) is 40.2 Å². The largest absolute Gasteiger partial charge is 0.505 e. The molecule has 34 heavy (non-hydrogen) atoms. The van der Waals surface area contributed by atoms with Gasteiger partial charge in [0.25, 0.3) is 0 Å². The monoisotopic (exact) mass is 478 g/mol. The van der Waals surface area contributed by atoms with Crippen LogP contribution in [0.5, 0.6) is 11.5 Å². The van der Waals surface area contributed by atoms with Crippen LogP contribution >= 0.6 is 0 Å². The van der Waals surface area contributed by atoms with Crippen LogP contribution in [-0.4, -0.2) is 65.8 Å². The third-order valence-electron chi connectivity index (χ3n) is 5.90. The zero-order valence-corrected chi connectivity index (χ0v) is 20.1. The Labute approximate surface area is 198 Å². The van der Waals surface area contributed by atoms with Gasteiger partial charge in [0.1, 0.15) is 11.5 Å². The third kappa shape index (κ3) is 5.14. The Morgan fingerprint density at radius 2 is 1.94 bits per heavy atom. The predicted octanol–water partition coefficient (Wildman–Crippen LogP) is 3.97. The number of carbonyl (C=O) groups excluding carboxylic acids is 1. The molecule has 11 heteroatoms. The first-order valence-electron chi connectivity index (χ1n) is 11.5. The van der Waals surface area contributed by atoms with E-state index in [-0.39, 0.29) is 18.8 Å². The molecule has 0 saturated carbocycles. The molecule has 2 amide bonds.